The van der Waals surface area contributed by atoms with Gasteiger partial charge in [-0.3, -0.25) is 0 Å². The van der Waals surface area contributed by atoms with Crippen molar-refractivity contribution in [3.63, 3.8) is 0 Å². The molecular formula is C13H22N2O. The summed E-state index contributed by atoms with van der Waals surface area (Å²) in [7, 11) is 0. The molecular weight excluding hydrogens is 200 g/mol. The molecule has 0 bridgehead atoms. The summed E-state index contributed by atoms with van der Waals surface area (Å²) in [5.41, 5.74) is 6.15. The van der Waals surface area contributed by atoms with Gasteiger partial charge in [0.25, 0.3) is 0 Å². The van der Waals surface area contributed by atoms with Crippen LogP contribution in [0.4, 0.5) is 0 Å². The molecule has 1 aliphatic rings. The van der Waals surface area contributed by atoms with Crippen molar-refractivity contribution in [2.45, 2.75) is 38.6 Å². The molecule has 1 saturated heterocycles. The van der Waals surface area contributed by atoms with Gasteiger partial charge >= 0.3 is 0 Å². The highest BCUT2D eigenvalue weighted by Gasteiger charge is 2.16. The minimum atomic E-state index is 0.0202. The maximum atomic E-state index is 6.15. The van der Waals surface area contributed by atoms with Crippen LogP contribution in [-0.2, 0) is 0 Å². The highest BCUT2D eigenvalue weighted by molar-refractivity contribution is 5.09. The van der Waals surface area contributed by atoms with E-state index in [2.05, 4.69) is 4.90 Å². The van der Waals surface area contributed by atoms with Gasteiger partial charge in [0.1, 0.15) is 11.5 Å². The van der Waals surface area contributed by atoms with Gasteiger partial charge in [0.15, 0.2) is 0 Å². The third kappa shape index (κ3) is 3.09. The topological polar surface area (TPSA) is 42.4 Å². The van der Waals surface area contributed by atoms with E-state index in [0.29, 0.717) is 0 Å². The molecule has 0 saturated carbocycles. The molecule has 0 radical (unpaired) electrons. The average Bonchev–Trinajstić information content (AvgIpc) is 2.54. The molecule has 1 fully saturated rings. The summed E-state index contributed by atoms with van der Waals surface area (Å²) in [6, 6.07) is 4.00. The quantitative estimate of drug-likeness (QED) is 0.854. The minimum Gasteiger partial charge on any atom is -0.465 e. The zero-order valence-electron chi connectivity index (χ0n) is 10.1. The molecule has 1 aliphatic heterocycles. The summed E-state index contributed by atoms with van der Waals surface area (Å²) in [5.74, 6) is 1.86. The van der Waals surface area contributed by atoms with Gasteiger partial charge in [-0.25, -0.2) is 0 Å². The summed E-state index contributed by atoms with van der Waals surface area (Å²) in [5, 5.41) is 0. The van der Waals surface area contributed by atoms with Crippen LogP contribution in [-0.4, -0.2) is 24.5 Å². The van der Waals surface area contributed by atoms with Gasteiger partial charge in [-0.15, -0.1) is 0 Å². The highest BCUT2D eigenvalue weighted by Crippen LogP contribution is 2.17. The number of furan rings is 1. The van der Waals surface area contributed by atoms with Crippen molar-refractivity contribution in [2.75, 3.05) is 19.6 Å². The van der Waals surface area contributed by atoms with Crippen LogP contribution in [0.5, 0.6) is 0 Å². The molecule has 0 aromatic carbocycles. The van der Waals surface area contributed by atoms with Gasteiger partial charge in [-0.2, -0.15) is 0 Å². The fourth-order valence-corrected chi connectivity index (χ4v) is 2.34. The predicted octanol–water partition coefficient (Wildman–Crippen LogP) is 2.46. The van der Waals surface area contributed by atoms with E-state index in [-0.39, 0.29) is 6.04 Å². The van der Waals surface area contributed by atoms with Crippen molar-refractivity contribution in [3.8, 4) is 0 Å². The Morgan fingerprint density at radius 1 is 1.25 bits per heavy atom. The number of likely N-dealkylation sites (tertiary alicyclic amines) is 1. The van der Waals surface area contributed by atoms with Gasteiger partial charge in [0.2, 0.25) is 0 Å². The van der Waals surface area contributed by atoms with Crippen LogP contribution in [0, 0.1) is 6.92 Å². The summed E-state index contributed by atoms with van der Waals surface area (Å²) in [6.45, 7) is 5.26. The van der Waals surface area contributed by atoms with Crippen LogP contribution < -0.4 is 5.73 Å². The first-order chi connectivity index (χ1) is 7.75. The number of aryl methyl sites for hydroxylation is 1. The molecule has 1 unspecified atom stereocenters. The second kappa shape index (κ2) is 5.51. The third-order valence-corrected chi connectivity index (χ3v) is 3.28. The Hall–Kier alpha value is -0.800. The molecule has 1 aromatic rings. The Morgan fingerprint density at radius 2 is 1.94 bits per heavy atom. The van der Waals surface area contributed by atoms with Crippen molar-refractivity contribution in [1.82, 2.24) is 4.90 Å². The lowest BCUT2D eigenvalue weighted by Crippen LogP contribution is -2.32. The Labute approximate surface area is 97.6 Å². The molecule has 3 nitrogen and oxygen atoms in total. The molecule has 0 aliphatic carbocycles. The number of hydrogen-bond donors (Lipinski definition) is 1. The zero-order chi connectivity index (χ0) is 11.4. The largest absolute Gasteiger partial charge is 0.465 e. The minimum absolute atomic E-state index is 0.0202. The van der Waals surface area contributed by atoms with Crippen molar-refractivity contribution in [2.24, 2.45) is 5.73 Å². The molecule has 2 rings (SSSR count). The van der Waals surface area contributed by atoms with Gasteiger partial charge in [-0.05, 0) is 45.0 Å². The highest BCUT2D eigenvalue weighted by atomic mass is 16.3. The van der Waals surface area contributed by atoms with E-state index in [4.69, 9.17) is 10.2 Å². The van der Waals surface area contributed by atoms with E-state index >= 15 is 0 Å². The SMILES string of the molecule is Cc1ccc(C(N)CN2CCCCCC2)o1. The molecule has 2 heterocycles. The molecule has 3 heteroatoms. The van der Waals surface area contributed by atoms with Crippen LogP contribution in [0.2, 0.25) is 0 Å². The monoisotopic (exact) mass is 222 g/mol. The average molecular weight is 222 g/mol. The number of nitrogens with two attached hydrogens (primary N) is 1. The Bertz CT molecular complexity index is 313. The standard InChI is InChI=1S/C13H22N2O/c1-11-6-7-13(16-11)12(14)10-15-8-4-2-3-5-9-15/h6-7,12H,2-5,8-10,14H2,1H3. The van der Waals surface area contributed by atoms with Crippen molar-refractivity contribution < 1.29 is 4.42 Å². The normalized spacial score (nSPS) is 20.6. The lowest BCUT2D eigenvalue weighted by Gasteiger charge is -2.22. The van der Waals surface area contributed by atoms with Gasteiger partial charge in [-0.1, -0.05) is 12.8 Å². The summed E-state index contributed by atoms with van der Waals surface area (Å²) in [6.07, 6.45) is 5.35. The van der Waals surface area contributed by atoms with E-state index in [0.717, 1.165) is 18.1 Å². The summed E-state index contributed by atoms with van der Waals surface area (Å²) < 4.78 is 5.57. The first-order valence-corrected chi connectivity index (χ1v) is 6.30. The molecule has 90 valence electrons. The van der Waals surface area contributed by atoms with Gasteiger partial charge in [0.05, 0.1) is 6.04 Å². The summed E-state index contributed by atoms with van der Waals surface area (Å²) >= 11 is 0. The van der Waals surface area contributed by atoms with Crippen LogP contribution in [0.1, 0.15) is 43.2 Å². The molecule has 1 aromatic heterocycles. The maximum absolute atomic E-state index is 6.15. The van der Waals surface area contributed by atoms with Crippen molar-refractivity contribution >= 4 is 0 Å². The molecule has 16 heavy (non-hydrogen) atoms. The second-order valence-corrected chi connectivity index (χ2v) is 4.77. The first kappa shape index (κ1) is 11.7. The maximum Gasteiger partial charge on any atom is 0.122 e. The fourth-order valence-electron chi connectivity index (χ4n) is 2.34. The van der Waals surface area contributed by atoms with Gasteiger partial charge < -0.3 is 15.1 Å². The van der Waals surface area contributed by atoms with Gasteiger partial charge in [0, 0.05) is 6.54 Å². The fraction of sp³-hybridized carbons (Fsp3) is 0.692. The van der Waals surface area contributed by atoms with E-state index in [1.807, 2.05) is 19.1 Å². The van der Waals surface area contributed by atoms with E-state index in [1.54, 1.807) is 0 Å². The number of nitrogens with zero attached hydrogens (tertiary/aromatic N) is 1. The van der Waals surface area contributed by atoms with E-state index in [1.165, 1.54) is 38.8 Å². The third-order valence-electron chi connectivity index (χ3n) is 3.28. The zero-order valence-corrected chi connectivity index (χ0v) is 10.1. The van der Waals surface area contributed by atoms with Crippen LogP contribution in [0.15, 0.2) is 16.5 Å². The predicted molar refractivity (Wildman–Crippen MR) is 65.3 cm³/mol. The molecule has 0 spiro atoms. The lowest BCUT2D eigenvalue weighted by atomic mass is 10.2. The van der Waals surface area contributed by atoms with E-state index in [9.17, 15) is 0 Å². The van der Waals surface area contributed by atoms with Crippen LogP contribution >= 0.6 is 0 Å². The Morgan fingerprint density at radius 3 is 2.50 bits per heavy atom. The van der Waals surface area contributed by atoms with Crippen molar-refractivity contribution in [3.05, 3.63) is 23.7 Å². The molecule has 1 atom stereocenters. The molecule has 2 N–H and O–H groups in total. The Kier molecular flexibility index (Phi) is 4.02. The number of hydrogen-bond acceptors (Lipinski definition) is 3. The van der Waals surface area contributed by atoms with Crippen LogP contribution in [0.25, 0.3) is 0 Å². The molecule has 0 amide bonds. The Balaban J connectivity index is 1.88. The number of rotatable bonds is 3. The first-order valence-electron chi connectivity index (χ1n) is 6.30. The smallest absolute Gasteiger partial charge is 0.122 e. The van der Waals surface area contributed by atoms with Crippen molar-refractivity contribution in [1.29, 1.82) is 0 Å². The van der Waals surface area contributed by atoms with Crippen LogP contribution in [0.3, 0.4) is 0 Å². The van der Waals surface area contributed by atoms with E-state index < -0.39 is 0 Å². The second-order valence-electron chi connectivity index (χ2n) is 4.77. The lowest BCUT2D eigenvalue weighted by molar-refractivity contribution is 0.255. The summed E-state index contributed by atoms with van der Waals surface area (Å²) in [4.78, 5) is 2.47.